The van der Waals surface area contributed by atoms with Crippen molar-refractivity contribution in [3.63, 3.8) is 0 Å². The van der Waals surface area contributed by atoms with Gasteiger partial charge in [-0.15, -0.1) is 0 Å². The van der Waals surface area contributed by atoms with E-state index in [9.17, 15) is 0 Å². The first kappa shape index (κ1) is 15.7. The van der Waals surface area contributed by atoms with Gasteiger partial charge in [-0.1, -0.05) is 12.1 Å². The van der Waals surface area contributed by atoms with Crippen LogP contribution in [0, 0.1) is 0 Å². The fourth-order valence-electron chi connectivity index (χ4n) is 2.04. The Morgan fingerprint density at radius 2 is 1.90 bits per heavy atom. The van der Waals surface area contributed by atoms with E-state index >= 15 is 0 Å². The molecule has 1 aromatic carbocycles. The summed E-state index contributed by atoms with van der Waals surface area (Å²) in [4.78, 5) is 4.60. The molecule has 1 aromatic heterocycles. The van der Waals surface area contributed by atoms with Crippen LogP contribution in [0.4, 0.5) is 0 Å². The Bertz CT molecular complexity index is 560. The van der Waals surface area contributed by atoms with Gasteiger partial charge < -0.3 is 19.5 Å². The lowest BCUT2D eigenvalue weighted by molar-refractivity contribution is 0.0546. The Kier molecular flexibility index (Phi) is 6.40. The minimum atomic E-state index is 0.511. The summed E-state index contributed by atoms with van der Waals surface area (Å²) in [6, 6.07) is 9.97. The zero-order valence-corrected chi connectivity index (χ0v) is 12.6. The maximum absolute atomic E-state index is 5.85. The lowest BCUT2D eigenvalue weighted by atomic mass is 10.2. The lowest BCUT2D eigenvalue weighted by Gasteiger charge is -2.11. The van der Waals surface area contributed by atoms with E-state index in [1.54, 1.807) is 7.11 Å². The van der Waals surface area contributed by atoms with Crippen molar-refractivity contribution in [3.05, 3.63) is 36.0 Å². The zero-order valence-electron chi connectivity index (χ0n) is 12.6. The Morgan fingerprint density at radius 1 is 1.10 bits per heavy atom. The second kappa shape index (κ2) is 8.56. The molecule has 0 atom stereocenters. The number of benzene rings is 1. The fraction of sp³-hybridized carbons (Fsp3) is 0.438. The second-order valence-corrected chi connectivity index (χ2v) is 4.61. The number of fused-ring (bicyclic) bond motifs is 1. The van der Waals surface area contributed by atoms with Crippen LogP contribution in [0.3, 0.4) is 0 Å². The molecule has 0 amide bonds. The van der Waals surface area contributed by atoms with Gasteiger partial charge in [0.2, 0.25) is 0 Å². The number of para-hydroxylation sites is 1. The first-order valence-corrected chi connectivity index (χ1v) is 7.08. The highest BCUT2D eigenvalue weighted by atomic mass is 16.5. The molecule has 5 heteroatoms. The van der Waals surface area contributed by atoms with Crippen LogP contribution in [-0.2, 0) is 16.0 Å². The standard InChI is InChI=1S/C16H22N2O3/c1-17-12-13-11-16(21-10-9-20-8-7-19-2)14-5-3-4-6-15(14)18-13/h3-6,11,17H,7-10,12H2,1-2H3. The third-order valence-electron chi connectivity index (χ3n) is 3.01. The highest BCUT2D eigenvalue weighted by molar-refractivity contribution is 5.85. The molecule has 1 heterocycles. The fourth-order valence-corrected chi connectivity index (χ4v) is 2.04. The summed E-state index contributed by atoms with van der Waals surface area (Å²) in [5.41, 5.74) is 1.91. The molecule has 114 valence electrons. The van der Waals surface area contributed by atoms with E-state index in [0.29, 0.717) is 33.0 Å². The van der Waals surface area contributed by atoms with E-state index in [4.69, 9.17) is 14.2 Å². The summed E-state index contributed by atoms with van der Waals surface area (Å²) in [5.74, 6) is 0.848. The molecule has 5 nitrogen and oxygen atoms in total. The van der Waals surface area contributed by atoms with Crippen LogP contribution < -0.4 is 10.1 Å². The van der Waals surface area contributed by atoms with Crippen molar-refractivity contribution in [1.29, 1.82) is 0 Å². The minimum absolute atomic E-state index is 0.511. The van der Waals surface area contributed by atoms with Crippen LogP contribution in [0.15, 0.2) is 30.3 Å². The molecule has 0 unspecified atom stereocenters. The SMILES string of the molecule is CNCc1cc(OCCOCCOC)c2ccccc2n1. The average Bonchev–Trinajstić information content (AvgIpc) is 2.51. The zero-order chi connectivity index (χ0) is 14.9. The van der Waals surface area contributed by atoms with Crippen LogP contribution in [0.1, 0.15) is 5.69 Å². The number of rotatable bonds is 9. The van der Waals surface area contributed by atoms with Crippen molar-refractivity contribution < 1.29 is 14.2 Å². The van der Waals surface area contributed by atoms with Crippen molar-refractivity contribution in [3.8, 4) is 5.75 Å². The highest BCUT2D eigenvalue weighted by Gasteiger charge is 2.06. The van der Waals surface area contributed by atoms with Crippen molar-refractivity contribution in [1.82, 2.24) is 10.3 Å². The molecule has 0 saturated heterocycles. The number of aromatic nitrogens is 1. The topological polar surface area (TPSA) is 52.6 Å². The second-order valence-electron chi connectivity index (χ2n) is 4.61. The summed E-state index contributed by atoms with van der Waals surface area (Å²) in [6.45, 7) is 2.95. The van der Waals surface area contributed by atoms with Crippen LogP contribution in [0.5, 0.6) is 5.75 Å². The molecule has 21 heavy (non-hydrogen) atoms. The van der Waals surface area contributed by atoms with E-state index < -0.39 is 0 Å². The molecule has 2 rings (SSSR count). The minimum Gasteiger partial charge on any atom is -0.490 e. The molecule has 0 aliphatic rings. The van der Waals surface area contributed by atoms with Crippen LogP contribution in [0.2, 0.25) is 0 Å². The molecular formula is C16H22N2O3. The van der Waals surface area contributed by atoms with E-state index in [1.165, 1.54) is 0 Å². The first-order chi connectivity index (χ1) is 10.3. The van der Waals surface area contributed by atoms with Gasteiger partial charge >= 0.3 is 0 Å². The molecule has 0 aliphatic heterocycles. The molecule has 0 radical (unpaired) electrons. The van der Waals surface area contributed by atoms with Crippen LogP contribution in [-0.4, -0.2) is 45.6 Å². The molecule has 1 N–H and O–H groups in total. The van der Waals surface area contributed by atoms with E-state index in [0.717, 1.165) is 22.3 Å². The first-order valence-electron chi connectivity index (χ1n) is 7.08. The summed E-state index contributed by atoms with van der Waals surface area (Å²) >= 11 is 0. The maximum Gasteiger partial charge on any atom is 0.130 e. The van der Waals surface area contributed by atoms with Crippen molar-refractivity contribution in [2.75, 3.05) is 40.6 Å². The third-order valence-corrected chi connectivity index (χ3v) is 3.01. The van der Waals surface area contributed by atoms with Crippen molar-refractivity contribution in [2.45, 2.75) is 6.54 Å². The number of hydrogen-bond donors (Lipinski definition) is 1. The van der Waals surface area contributed by atoms with Crippen molar-refractivity contribution in [2.24, 2.45) is 0 Å². The smallest absolute Gasteiger partial charge is 0.130 e. The molecule has 0 saturated carbocycles. The summed E-state index contributed by atoms with van der Waals surface area (Å²) in [5, 5.41) is 4.13. The predicted octanol–water partition coefficient (Wildman–Crippen LogP) is 2.00. The molecule has 0 bridgehead atoms. The average molecular weight is 290 g/mol. The van der Waals surface area contributed by atoms with Gasteiger partial charge in [-0.3, -0.25) is 4.98 Å². The number of ether oxygens (including phenoxy) is 3. The Morgan fingerprint density at radius 3 is 2.71 bits per heavy atom. The van der Waals surface area contributed by atoms with E-state index in [1.807, 2.05) is 37.4 Å². The van der Waals surface area contributed by atoms with Crippen LogP contribution in [0.25, 0.3) is 10.9 Å². The Balaban J connectivity index is 2.03. The molecule has 0 spiro atoms. The van der Waals surface area contributed by atoms with Gasteiger partial charge in [-0.2, -0.15) is 0 Å². The lowest BCUT2D eigenvalue weighted by Crippen LogP contribution is -2.11. The van der Waals surface area contributed by atoms with E-state index in [-0.39, 0.29) is 0 Å². The Hall–Kier alpha value is -1.69. The number of nitrogens with zero attached hydrogens (tertiary/aromatic N) is 1. The van der Waals surface area contributed by atoms with Gasteiger partial charge in [0, 0.05) is 25.1 Å². The number of pyridine rings is 1. The van der Waals surface area contributed by atoms with Crippen molar-refractivity contribution >= 4 is 10.9 Å². The maximum atomic E-state index is 5.85. The molecule has 0 aliphatic carbocycles. The predicted molar refractivity (Wildman–Crippen MR) is 82.7 cm³/mol. The van der Waals surface area contributed by atoms with Gasteiger partial charge in [0.25, 0.3) is 0 Å². The van der Waals surface area contributed by atoms with E-state index in [2.05, 4.69) is 10.3 Å². The largest absolute Gasteiger partial charge is 0.490 e. The molecular weight excluding hydrogens is 268 g/mol. The van der Waals surface area contributed by atoms with Gasteiger partial charge in [0.05, 0.1) is 31.0 Å². The number of nitrogens with one attached hydrogen (secondary N) is 1. The highest BCUT2D eigenvalue weighted by Crippen LogP contribution is 2.25. The molecule has 0 fully saturated rings. The van der Waals surface area contributed by atoms with Gasteiger partial charge in [0.15, 0.2) is 0 Å². The number of methoxy groups -OCH3 is 1. The number of hydrogen-bond acceptors (Lipinski definition) is 5. The van der Waals surface area contributed by atoms with Gasteiger partial charge in [-0.05, 0) is 19.2 Å². The summed E-state index contributed by atoms with van der Waals surface area (Å²) < 4.78 is 16.2. The molecule has 2 aromatic rings. The monoisotopic (exact) mass is 290 g/mol. The third kappa shape index (κ3) is 4.67. The normalized spacial score (nSPS) is 11.0. The summed E-state index contributed by atoms with van der Waals surface area (Å²) in [7, 11) is 3.56. The van der Waals surface area contributed by atoms with Gasteiger partial charge in [-0.25, -0.2) is 0 Å². The van der Waals surface area contributed by atoms with Crippen LogP contribution >= 0.6 is 0 Å². The van der Waals surface area contributed by atoms with Gasteiger partial charge in [0.1, 0.15) is 12.4 Å². The Labute approximate surface area is 125 Å². The summed E-state index contributed by atoms with van der Waals surface area (Å²) in [6.07, 6.45) is 0. The quantitative estimate of drug-likeness (QED) is 0.716.